The van der Waals surface area contributed by atoms with Crippen LogP contribution in [-0.2, 0) is 17.1 Å². The third-order valence-electron chi connectivity index (χ3n) is 4.11. The van der Waals surface area contributed by atoms with Gasteiger partial charge in [-0.3, -0.25) is 4.79 Å². The first kappa shape index (κ1) is 16.5. The number of rotatable bonds is 5. The number of para-hydroxylation sites is 2. The quantitative estimate of drug-likeness (QED) is 0.505. The fourth-order valence-corrected chi connectivity index (χ4v) is 3.47. The van der Waals surface area contributed by atoms with Gasteiger partial charge in [0.2, 0.25) is 5.91 Å². The minimum atomic E-state index is -0.268. The molecule has 132 valence electrons. The number of benzene rings is 2. The number of hydrogen-bond acceptors (Lipinski definition) is 4. The van der Waals surface area contributed by atoms with Crippen molar-refractivity contribution in [2.24, 2.45) is 0 Å². The van der Waals surface area contributed by atoms with Crippen molar-refractivity contribution < 1.29 is 4.79 Å². The zero-order valence-corrected chi connectivity index (χ0v) is 14.9. The molecule has 26 heavy (non-hydrogen) atoms. The largest absolute Gasteiger partial charge is 0.324 e. The average molecular weight is 367 g/mol. The molecule has 0 aliphatic rings. The lowest BCUT2D eigenvalue weighted by atomic mass is 10.2. The Morgan fingerprint density at radius 1 is 1.19 bits per heavy atom. The van der Waals surface area contributed by atoms with E-state index >= 15 is 0 Å². The minimum absolute atomic E-state index is 0.146. The van der Waals surface area contributed by atoms with Crippen LogP contribution in [0.5, 0.6) is 0 Å². The molecule has 0 atom stereocenters. The predicted molar refractivity (Wildman–Crippen MR) is 105 cm³/mol. The first-order chi connectivity index (χ1) is 12.6. The molecule has 7 nitrogen and oxygen atoms in total. The van der Waals surface area contributed by atoms with E-state index in [1.807, 2.05) is 35.1 Å². The first-order valence-electron chi connectivity index (χ1n) is 8.09. The number of aromatic nitrogens is 4. The third kappa shape index (κ3) is 3.11. The molecule has 2 heterocycles. The molecule has 3 N–H and O–H groups in total. The molecular formula is C18H17N5O2S. The van der Waals surface area contributed by atoms with Crippen molar-refractivity contribution in [1.29, 1.82) is 0 Å². The highest BCUT2D eigenvalue weighted by atomic mass is 32.2. The Morgan fingerprint density at radius 2 is 2.00 bits per heavy atom. The molecule has 8 heteroatoms. The summed E-state index contributed by atoms with van der Waals surface area (Å²) in [6.45, 7) is 0.179. The fraction of sp³-hybridized carbons (Fsp3) is 0.167. The second-order valence-corrected chi connectivity index (χ2v) is 6.79. The monoisotopic (exact) mass is 367 g/mol. The smallest absolute Gasteiger partial charge is 0.323 e. The number of hydrogen-bond donors (Lipinski definition) is 3. The molecule has 1 amide bonds. The van der Waals surface area contributed by atoms with Crippen LogP contribution in [0.1, 0.15) is 5.82 Å². The summed E-state index contributed by atoms with van der Waals surface area (Å²) in [5.41, 5.74) is 3.55. The van der Waals surface area contributed by atoms with Crippen LogP contribution in [0.3, 0.4) is 0 Å². The van der Waals surface area contributed by atoms with Crippen molar-refractivity contribution in [3.05, 3.63) is 58.8 Å². The normalized spacial score (nSPS) is 11.3. The fourth-order valence-electron chi connectivity index (χ4n) is 3.00. The molecule has 4 aromatic rings. The van der Waals surface area contributed by atoms with Crippen molar-refractivity contribution >= 4 is 45.4 Å². The summed E-state index contributed by atoms with van der Waals surface area (Å²) in [5, 5.41) is 2.89. The molecule has 2 aromatic heterocycles. The molecule has 0 radical (unpaired) electrons. The number of thioether (sulfide) groups is 1. The lowest BCUT2D eigenvalue weighted by Crippen LogP contribution is -2.20. The maximum absolute atomic E-state index is 12.6. The summed E-state index contributed by atoms with van der Waals surface area (Å²) in [7, 11) is 0. The molecule has 4 rings (SSSR count). The van der Waals surface area contributed by atoms with Gasteiger partial charge in [-0.05, 0) is 36.6 Å². The van der Waals surface area contributed by atoms with Gasteiger partial charge in [0.15, 0.2) is 0 Å². The van der Waals surface area contributed by atoms with Gasteiger partial charge < -0.3 is 19.9 Å². The number of H-pyrrole nitrogens is 2. The lowest BCUT2D eigenvalue weighted by Gasteiger charge is -2.10. The number of carbonyl (C=O) groups is 1. The highest BCUT2D eigenvalue weighted by Crippen LogP contribution is 2.20. The van der Waals surface area contributed by atoms with Crippen LogP contribution in [0.4, 0.5) is 5.69 Å². The molecular weight excluding hydrogens is 350 g/mol. The number of carbonyl (C=O) groups excluding carboxylic acids is 1. The number of nitrogens with one attached hydrogen (secondary N) is 3. The van der Waals surface area contributed by atoms with Crippen molar-refractivity contribution in [3.63, 3.8) is 0 Å². The van der Waals surface area contributed by atoms with E-state index in [4.69, 9.17) is 0 Å². The van der Waals surface area contributed by atoms with Gasteiger partial charge in [-0.1, -0.05) is 12.1 Å². The van der Waals surface area contributed by atoms with Gasteiger partial charge in [0, 0.05) is 5.69 Å². The number of amides is 1. The van der Waals surface area contributed by atoms with E-state index in [0.29, 0.717) is 16.7 Å². The van der Waals surface area contributed by atoms with Gasteiger partial charge in [0.05, 0.1) is 27.8 Å². The maximum atomic E-state index is 12.6. The van der Waals surface area contributed by atoms with E-state index in [0.717, 1.165) is 22.6 Å². The topological polar surface area (TPSA) is 95.6 Å². The van der Waals surface area contributed by atoms with Crippen LogP contribution in [0.25, 0.3) is 22.1 Å². The molecule has 0 aliphatic heterocycles. The summed E-state index contributed by atoms with van der Waals surface area (Å²) in [5.74, 6) is 1.46. The van der Waals surface area contributed by atoms with Crippen molar-refractivity contribution in [2.75, 3.05) is 11.6 Å². The Bertz CT molecular complexity index is 1160. The van der Waals surface area contributed by atoms with E-state index in [9.17, 15) is 9.59 Å². The summed E-state index contributed by atoms with van der Waals surface area (Å²) in [6, 6.07) is 13.1. The number of imidazole rings is 2. The van der Waals surface area contributed by atoms with E-state index < -0.39 is 0 Å². The summed E-state index contributed by atoms with van der Waals surface area (Å²) >= 11 is 1.67. The zero-order valence-electron chi connectivity index (χ0n) is 14.1. The van der Waals surface area contributed by atoms with Crippen LogP contribution in [0.15, 0.2) is 47.3 Å². The van der Waals surface area contributed by atoms with E-state index in [-0.39, 0.29) is 18.1 Å². The molecule has 2 aromatic carbocycles. The third-order valence-corrected chi connectivity index (χ3v) is 4.66. The van der Waals surface area contributed by atoms with Crippen LogP contribution in [0, 0.1) is 0 Å². The number of nitrogens with zero attached hydrogens (tertiary/aromatic N) is 2. The SMILES string of the molecule is CSCc1nc2ccccc2n1CC(=O)Nc1ccc2[nH]c(=O)[nH]c2c1. The van der Waals surface area contributed by atoms with Crippen LogP contribution in [0.2, 0.25) is 0 Å². The van der Waals surface area contributed by atoms with Gasteiger partial charge >= 0.3 is 5.69 Å². The van der Waals surface area contributed by atoms with Crippen LogP contribution in [-0.4, -0.2) is 31.7 Å². The molecule has 0 saturated heterocycles. The predicted octanol–water partition coefficient (Wildman–Crippen LogP) is 2.71. The van der Waals surface area contributed by atoms with Crippen LogP contribution >= 0.6 is 11.8 Å². The highest BCUT2D eigenvalue weighted by molar-refractivity contribution is 7.97. The average Bonchev–Trinajstić information content (AvgIpc) is 3.15. The highest BCUT2D eigenvalue weighted by Gasteiger charge is 2.13. The standard InChI is InChI=1S/C18H17N5O2S/c1-26-10-16-20-13-4-2-3-5-15(13)23(16)9-17(24)19-11-6-7-12-14(8-11)22-18(25)21-12/h2-8H,9-10H2,1H3,(H,19,24)(H2,21,22,25). The van der Waals surface area contributed by atoms with E-state index in [1.165, 1.54) is 0 Å². The van der Waals surface area contributed by atoms with Crippen molar-refractivity contribution in [1.82, 2.24) is 19.5 Å². The van der Waals surface area contributed by atoms with Crippen molar-refractivity contribution in [2.45, 2.75) is 12.3 Å². The van der Waals surface area contributed by atoms with Gasteiger partial charge in [-0.15, -0.1) is 0 Å². The number of anilines is 1. The molecule has 0 spiro atoms. The molecule has 0 bridgehead atoms. The van der Waals surface area contributed by atoms with Gasteiger partial charge in [0.1, 0.15) is 12.4 Å². The van der Waals surface area contributed by atoms with E-state index in [1.54, 1.807) is 30.0 Å². The summed E-state index contributed by atoms with van der Waals surface area (Å²) in [4.78, 5) is 33.9. The molecule has 0 aliphatic carbocycles. The summed E-state index contributed by atoms with van der Waals surface area (Å²) < 4.78 is 1.94. The second-order valence-electron chi connectivity index (χ2n) is 5.92. The Labute approximate surface area is 152 Å². The minimum Gasteiger partial charge on any atom is -0.324 e. The Balaban J connectivity index is 1.60. The Morgan fingerprint density at radius 3 is 2.85 bits per heavy atom. The van der Waals surface area contributed by atoms with Crippen LogP contribution < -0.4 is 11.0 Å². The number of aromatic amines is 2. The first-order valence-corrected chi connectivity index (χ1v) is 9.48. The second kappa shape index (κ2) is 6.72. The van der Waals surface area contributed by atoms with Gasteiger partial charge in [-0.25, -0.2) is 9.78 Å². The van der Waals surface area contributed by atoms with Crippen molar-refractivity contribution in [3.8, 4) is 0 Å². The zero-order chi connectivity index (χ0) is 18.1. The number of fused-ring (bicyclic) bond motifs is 2. The Hall–Kier alpha value is -3.00. The lowest BCUT2D eigenvalue weighted by molar-refractivity contribution is -0.116. The molecule has 0 saturated carbocycles. The van der Waals surface area contributed by atoms with E-state index in [2.05, 4.69) is 20.3 Å². The van der Waals surface area contributed by atoms with Gasteiger partial charge in [0.25, 0.3) is 0 Å². The maximum Gasteiger partial charge on any atom is 0.323 e. The van der Waals surface area contributed by atoms with Gasteiger partial charge in [-0.2, -0.15) is 11.8 Å². The summed E-state index contributed by atoms with van der Waals surface area (Å²) in [6.07, 6.45) is 2.01. The Kier molecular flexibility index (Phi) is 4.26. The molecule has 0 unspecified atom stereocenters. The molecule has 0 fully saturated rings.